The van der Waals surface area contributed by atoms with Gasteiger partial charge in [0.05, 0.1) is 0 Å². The Hall–Kier alpha value is -1.81. The zero-order chi connectivity index (χ0) is 13.1. The van der Waals surface area contributed by atoms with Crippen LogP contribution in [0.5, 0.6) is 0 Å². The highest BCUT2D eigenvalue weighted by molar-refractivity contribution is 5.39. The Bertz CT molecular complexity index is 523. The van der Waals surface area contributed by atoms with Crippen molar-refractivity contribution in [3.05, 3.63) is 48.0 Å². The fourth-order valence-corrected chi connectivity index (χ4v) is 2.72. The van der Waals surface area contributed by atoms with Crippen molar-refractivity contribution in [3.8, 4) is 0 Å². The molecule has 0 radical (unpaired) electrons. The van der Waals surface area contributed by atoms with Gasteiger partial charge < -0.3 is 15.6 Å². The van der Waals surface area contributed by atoms with Crippen molar-refractivity contribution in [2.75, 3.05) is 18.8 Å². The van der Waals surface area contributed by atoms with E-state index < -0.39 is 0 Å². The third-order valence-corrected chi connectivity index (χ3v) is 3.79. The van der Waals surface area contributed by atoms with Crippen LogP contribution in [0.15, 0.2) is 36.7 Å². The van der Waals surface area contributed by atoms with E-state index in [9.17, 15) is 0 Å². The number of nitrogens with zero attached hydrogens (tertiary/aromatic N) is 2. The standard InChI is InChI=1S/C15H20N4/c16-13-3-1-12(2-4-13)11-15-18-9-10-19(15)14-5-7-17-8-6-14/h1-4,9-10,14,17H,5-8,11,16H2. The first-order valence-electron chi connectivity index (χ1n) is 6.90. The normalized spacial score (nSPS) is 16.6. The van der Waals surface area contributed by atoms with Gasteiger partial charge in [0.15, 0.2) is 0 Å². The number of benzene rings is 1. The van der Waals surface area contributed by atoms with E-state index in [-0.39, 0.29) is 0 Å². The van der Waals surface area contributed by atoms with Gasteiger partial charge in [0.25, 0.3) is 0 Å². The molecule has 0 bridgehead atoms. The molecular formula is C15H20N4. The average molecular weight is 256 g/mol. The van der Waals surface area contributed by atoms with E-state index in [1.54, 1.807) is 0 Å². The van der Waals surface area contributed by atoms with E-state index in [0.717, 1.165) is 31.0 Å². The van der Waals surface area contributed by atoms with E-state index in [1.165, 1.54) is 18.4 Å². The Balaban J connectivity index is 1.77. The van der Waals surface area contributed by atoms with Crippen LogP contribution in [0, 0.1) is 0 Å². The molecule has 2 heterocycles. The van der Waals surface area contributed by atoms with Gasteiger partial charge in [-0.3, -0.25) is 0 Å². The lowest BCUT2D eigenvalue weighted by molar-refractivity contribution is 0.361. The highest BCUT2D eigenvalue weighted by atomic mass is 15.1. The minimum atomic E-state index is 0.590. The van der Waals surface area contributed by atoms with Crippen LogP contribution < -0.4 is 11.1 Å². The van der Waals surface area contributed by atoms with Gasteiger partial charge in [0.1, 0.15) is 5.82 Å². The second-order valence-corrected chi connectivity index (χ2v) is 5.15. The number of nitrogen functional groups attached to an aromatic ring is 1. The van der Waals surface area contributed by atoms with Crippen LogP contribution in [-0.2, 0) is 6.42 Å². The number of hydrogen-bond donors (Lipinski definition) is 2. The molecule has 1 fully saturated rings. The SMILES string of the molecule is Nc1ccc(Cc2nccn2C2CCNCC2)cc1. The van der Waals surface area contributed by atoms with Crippen molar-refractivity contribution in [1.82, 2.24) is 14.9 Å². The van der Waals surface area contributed by atoms with Crippen LogP contribution in [0.25, 0.3) is 0 Å². The Morgan fingerprint density at radius 2 is 1.95 bits per heavy atom. The van der Waals surface area contributed by atoms with E-state index in [0.29, 0.717) is 6.04 Å². The predicted octanol–water partition coefficient (Wildman–Crippen LogP) is 1.98. The molecule has 4 heteroatoms. The Labute approximate surface area is 113 Å². The van der Waals surface area contributed by atoms with Crippen molar-refractivity contribution in [2.45, 2.75) is 25.3 Å². The van der Waals surface area contributed by atoms with Crippen LogP contribution in [-0.4, -0.2) is 22.6 Å². The largest absolute Gasteiger partial charge is 0.399 e. The summed E-state index contributed by atoms with van der Waals surface area (Å²) in [6.07, 6.45) is 7.27. The first-order valence-corrected chi connectivity index (χ1v) is 6.90. The Morgan fingerprint density at radius 3 is 2.68 bits per heavy atom. The molecular weight excluding hydrogens is 236 g/mol. The summed E-state index contributed by atoms with van der Waals surface area (Å²) in [7, 11) is 0. The molecule has 0 spiro atoms. The second kappa shape index (κ2) is 5.45. The molecule has 0 amide bonds. The van der Waals surface area contributed by atoms with Gasteiger partial charge >= 0.3 is 0 Å². The maximum atomic E-state index is 5.72. The van der Waals surface area contributed by atoms with Gasteiger partial charge in [-0.2, -0.15) is 0 Å². The van der Waals surface area contributed by atoms with Crippen molar-refractivity contribution in [1.29, 1.82) is 0 Å². The summed E-state index contributed by atoms with van der Waals surface area (Å²) >= 11 is 0. The monoisotopic (exact) mass is 256 g/mol. The quantitative estimate of drug-likeness (QED) is 0.826. The van der Waals surface area contributed by atoms with Crippen molar-refractivity contribution >= 4 is 5.69 Å². The Morgan fingerprint density at radius 1 is 1.21 bits per heavy atom. The molecule has 0 unspecified atom stereocenters. The average Bonchev–Trinajstić information content (AvgIpc) is 2.90. The fourth-order valence-electron chi connectivity index (χ4n) is 2.72. The van der Waals surface area contributed by atoms with Gasteiger partial charge in [-0.25, -0.2) is 4.98 Å². The molecule has 100 valence electrons. The maximum Gasteiger partial charge on any atom is 0.113 e. The molecule has 1 saturated heterocycles. The molecule has 3 N–H and O–H groups in total. The fraction of sp³-hybridized carbons (Fsp3) is 0.400. The van der Waals surface area contributed by atoms with Crippen molar-refractivity contribution in [3.63, 3.8) is 0 Å². The zero-order valence-electron chi connectivity index (χ0n) is 11.0. The highest BCUT2D eigenvalue weighted by Gasteiger charge is 2.17. The van der Waals surface area contributed by atoms with Crippen LogP contribution in [0.4, 0.5) is 5.69 Å². The van der Waals surface area contributed by atoms with Crippen LogP contribution in [0.3, 0.4) is 0 Å². The molecule has 1 aromatic carbocycles. The molecule has 4 nitrogen and oxygen atoms in total. The number of nitrogens with one attached hydrogen (secondary N) is 1. The summed E-state index contributed by atoms with van der Waals surface area (Å²) in [5.41, 5.74) is 7.79. The van der Waals surface area contributed by atoms with E-state index >= 15 is 0 Å². The molecule has 2 aromatic rings. The summed E-state index contributed by atoms with van der Waals surface area (Å²) in [5.74, 6) is 1.15. The lowest BCUT2D eigenvalue weighted by Crippen LogP contribution is -2.29. The summed E-state index contributed by atoms with van der Waals surface area (Å²) in [6.45, 7) is 2.20. The Kier molecular flexibility index (Phi) is 3.51. The molecule has 0 aliphatic carbocycles. The maximum absolute atomic E-state index is 5.72. The number of nitrogens with two attached hydrogens (primary N) is 1. The minimum Gasteiger partial charge on any atom is -0.399 e. The number of piperidine rings is 1. The predicted molar refractivity (Wildman–Crippen MR) is 77.0 cm³/mol. The summed E-state index contributed by atoms with van der Waals surface area (Å²) in [5, 5.41) is 3.40. The van der Waals surface area contributed by atoms with Gasteiger partial charge in [0.2, 0.25) is 0 Å². The minimum absolute atomic E-state index is 0.590. The van der Waals surface area contributed by atoms with Crippen LogP contribution >= 0.6 is 0 Å². The van der Waals surface area contributed by atoms with Crippen molar-refractivity contribution in [2.24, 2.45) is 0 Å². The number of aromatic nitrogens is 2. The molecule has 0 atom stereocenters. The van der Waals surface area contributed by atoms with E-state index in [1.807, 2.05) is 18.3 Å². The summed E-state index contributed by atoms with van der Waals surface area (Å²) in [4.78, 5) is 4.52. The van der Waals surface area contributed by atoms with Crippen molar-refractivity contribution < 1.29 is 0 Å². The molecule has 0 saturated carbocycles. The van der Waals surface area contributed by atoms with Gasteiger partial charge in [0, 0.05) is 30.5 Å². The van der Waals surface area contributed by atoms with Gasteiger partial charge in [-0.1, -0.05) is 12.1 Å². The van der Waals surface area contributed by atoms with E-state index in [4.69, 9.17) is 5.73 Å². The smallest absolute Gasteiger partial charge is 0.113 e. The lowest BCUT2D eigenvalue weighted by atomic mass is 10.1. The molecule has 1 aliphatic rings. The number of imidazole rings is 1. The third kappa shape index (κ3) is 2.79. The topological polar surface area (TPSA) is 55.9 Å². The van der Waals surface area contributed by atoms with Crippen LogP contribution in [0.2, 0.25) is 0 Å². The second-order valence-electron chi connectivity index (χ2n) is 5.15. The number of anilines is 1. The third-order valence-electron chi connectivity index (χ3n) is 3.79. The van der Waals surface area contributed by atoms with Crippen LogP contribution in [0.1, 0.15) is 30.3 Å². The zero-order valence-corrected chi connectivity index (χ0v) is 11.0. The molecule has 19 heavy (non-hydrogen) atoms. The number of hydrogen-bond acceptors (Lipinski definition) is 3. The van der Waals surface area contributed by atoms with E-state index in [2.05, 4.69) is 33.2 Å². The molecule has 3 rings (SSSR count). The highest BCUT2D eigenvalue weighted by Crippen LogP contribution is 2.21. The molecule has 1 aromatic heterocycles. The van der Waals surface area contributed by atoms with Gasteiger partial charge in [-0.05, 0) is 43.6 Å². The summed E-state index contributed by atoms with van der Waals surface area (Å²) in [6, 6.07) is 8.65. The first kappa shape index (κ1) is 12.2. The van der Waals surface area contributed by atoms with Gasteiger partial charge in [-0.15, -0.1) is 0 Å². The first-order chi connectivity index (χ1) is 9.33. The summed E-state index contributed by atoms with van der Waals surface area (Å²) < 4.78 is 2.34. The number of rotatable bonds is 3. The lowest BCUT2D eigenvalue weighted by Gasteiger charge is -2.25. The molecule has 1 aliphatic heterocycles.